The lowest BCUT2D eigenvalue weighted by atomic mass is 9.85. The van der Waals surface area contributed by atoms with Crippen molar-refractivity contribution in [3.8, 4) is 0 Å². The predicted molar refractivity (Wildman–Crippen MR) is 98.0 cm³/mol. The lowest BCUT2D eigenvalue weighted by molar-refractivity contribution is 0.304. The van der Waals surface area contributed by atoms with E-state index in [4.69, 9.17) is 11.1 Å². The zero-order chi connectivity index (χ0) is 16.0. The van der Waals surface area contributed by atoms with Crippen LogP contribution in [-0.4, -0.2) is 30.2 Å². The second-order valence-corrected chi connectivity index (χ2v) is 9.82. The first kappa shape index (κ1) is 19.1. The van der Waals surface area contributed by atoms with E-state index in [-0.39, 0.29) is 7.92 Å². The molecule has 0 aliphatic heterocycles. The minimum atomic E-state index is 0.0421. The second-order valence-electron chi connectivity index (χ2n) is 7.15. The molecule has 1 aliphatic carbocycles. The molecule has 0 saturated heterocycles. The highest BCUT2D eigenvalue weighted by Crippen LogP contribution is 2.65. The Kier molecular flexibility index (Phi) is 8.42. The summed E-state index contributed by atoms with van der Waals surface area (Å²) < 4.78 is 0. The van der Waals surface area contributed by atoms with Gasteiger partial charge in [0, 0.05) is 11.6 Å². The summed E-state index contributed by atoms with van der Waals surface area (Å²) in [4.78, 5) is 0. The van der Waals surface area contributed by atoms with Gasteiger partial charge in [-0.25, -0.2) is 0 Å². The minimum Gasteiger partial charge on any atom is -0.330 e. The van der Waals surface area contributed by atoms with Crippen molar-refractivity contribution in [1.82, 2.24) is 0 Å². The molecular weight excluding hydrogens is 275 g/mol. The molecule has 2 nitrogen and oxygen atoms in total. The first-order valence-electron chi connectivity index (χ1n) is 8.98. The van der Waals surface area contributed by atoms with Gasteiger partial charge in [-0.1, -0.05) is 47.0 Å². The molecule has 0 heterocycles. The van der Waals surface area contributed by atoms with Gasteiger partial charge in [-0.05, 0) is 55.6 Å². The van der Waals surface area contributed by atoms with E-state index in [9.17, 15) is 0 Å². The van der Waals surface area contributed by atoms with Crippen molar-refractivity contribution in [2.45, 2.75) is 66.0 Å². The molecular formula is C18H37N2P. The number of unbranched alkanes of at least 4 members (excludes halogenated alkanes) is 1. The summed E-state index contributed by atoms with van der Waals surface area (Å²) in [5, 5.41) is 8.22. The van der Waals surface area contributed by atoms with E-state index in [2.05, 4.69) is 27.7 Å². The molecule has 21 heavy (non-hydrogen) atoms. The van der Waals surface area contributed by atoms with Gasteiger partial charge in [0.15, 0.2) is 0 Å². The quantitative estimate of drug-likeness (QED) is 0.411. The van der Waals surface area contributed by atoms with E-state index in [1.165, 1.54) is 38.0 Å². The van der Waals surface area contributed by atoms with E-state index in [0.29, 0.717) is 5.92 Å². The fraction of sp³-hybridized carbons (Fsp3) is 0.944. The molecule has 5 atom stereocenters. The fourth-order valence-electron chi connectivity index (χ4n) is 4.13. The smallest absolute Gasteiger partial charge is 0.00986 e. The van der Waals surface area contributed by atoms with Crippen LogP contribution in [0.25, 0.3) is 0 Å². The maximum Gasteiger partial charge on any atom is 0.00986 e. The van der Waals surface area contributed by atoms with Crippen LogP contribution in [0.1, 0.15) is 60.3 Å². The minimum absolute atomic E-state index is 0.0421. The van der Waals surface area contributed by atoms with Gasteiger partial charge in [0.05, 0.1) is 0 Å². The average molecular weight is 312 g/mol. The number of nitrogens with two attached hydrogens (primary N) is 1. The fourth-order valence-corrected chi connectivity index (χ4v) is 7.52. The van der Waals surface area contributed by atoms with Gasteiger partial charge < -0.3 is 11.1 Å². The molecule has 0 radical (unpaired) electrons. The summed E-state index contributed by atoms with van der Waals surface area (Å²) in [5.74, 6) is 2.95. The van der Waals surface area contributed by atoms with Gasteiger partial charge in [0.2, 0.25) is 0 Å². The van der Waals surface area contributed by atoms with Crippen LogP contribution in [0.4, 0.5) is 0 Å². The number of hydrogen-bond acceptors (Lipinski definition) is 2. The van der Waals surface area contributed by atoms with Crippen LogP contribution in [0.3, 0.4) is 0 Å². The van der Waals surface area contributed by atoms with E-state index in [1.807, 2.05) is 6.92 Å². The van der Waals surface area contributed by atoms with Crippen molar-refractivity contribution in [1.29, 1.82) is 5.41 Å². The lowest BCUT2D eigenvalue weighted by Gasteiger charge is -2.23. The molecule has 0 bridgehead atoms. The molecule has 0 aromatic carbocycles. The molecule has 1 fully saturated rings. The number of rotatable bonds is 11. The van der Waals surface area contributed by atoms with Gasteiger partial charge in [-0.2, -0.15) is 0 Å². The van der Waals surface area contributed by atoms with E-state index in [1.54, 1.807) is 0 Å². The standard InChI is InChI=1S/C18H37N2P/c1-6-8-9-15(13(3)4)17-16(14(5)20)18(17)21(11-7-2)12-10-19/h13,15-18,20H,6-12,19H2,1-5H3. The van der Waals surface area contributed by atoms with Crippen LogP contribution >= 0.6 is 7.92 Å². The number of nitrogens with one attached hydrogen (secondary N) is 1. The van der Waals surface area contributed by atoms with Crippen molar-refractivity contribution in [3.05, 3.63) is 0 Å². The largest absolute Gasteiger partial charge is 0.330 e. The Morgan fingerprint density at radius 1 is 1.19 bits per heavy atom. The third-order valence-electron chi connectivity index (χ3n) is 5.13. The van der Waals surface area contributed by atoms with E-state index in [0.717, 1.165) is 35.7 Å². The van der Waals surface area contributed by atoms with E-state index < -0.39 is 0 Å². The van der Waals surface area contributed by atoms with Crippen LogP contribution in [0.15, 0.2) is 0 Å². The average Bonchev–Trinajstić information content (AvgIpc) is 3.14. The zero-order valence-corrected chi connectivity index (χ0v) is 15.8. The molecule has 5 unspecified atom stereocenters. The van der Waals surface area contributed by atoms with Gasteiger partial charge >= 0.3 is 0 Å². The third-order valence-corrected chi connectivity index (χ3v) is 8.49. The summed E-state index contributed by atoms with van der Waals surface area (Å²) in [7, 11) is 0.0421. The summed E-state index contributed by atoms with van der Waals surface area (Å²) in [6, 6.07) is 0. The lowest BCUT2D eigenvalue weighted by Crippen LogP contribution is -2.15. The van der Waals surface area contributed by atoms with Gasteiger partial charge in [-0.15, -0.1) is 7.92 Å². The van der Waals surface area contributed by atoms with Gasteiger partial charge in [-0.3, -0.25) is 0 Å². The van der Waals surface area contributed by atoms with E-state index >= 15 is 0 Å². The zero-order valence-electron chi connectivity index (χ0n) is 14.9. The molecule has 124 valence electrons. The third kappa shape index (κ3) is 5.03. The van der Waals surface area contributed by atoms with Crippen molar-refractivity contribution >= 4 is 13.6 Å². The normalized spacial score (nSPS) is 27.7. The maximum absolute atomic E-state index is 8.22. The van der Waals surface area contributed by atoms with Crippen LogP contribution in [0, 0.1) is 29.1 Å². The van der Waals surface area contributed by atoms with Crippen LogP contribution < -0.4 is 5.73 Å². The summed E-state index contributed by atoms with van der Waals surface area (Å²) >= 11 is 0. The van der Waals surface area contributed by atoms with Crippen molar-refractivity contribution in [3.63, 3.8) is 0 Å². The highest BCUT2D eigenvalue weighted by atomic mass is 31.1. The van der Waals surface area contributed by atoms with Crippen LogP contribution in [0.2, 0.25) is 0 Å². The Bertz CT molecular complexity index is 310. The molecule has 0 spiro atoms. The first-order valence-corrected chi connectivity index (χ1v) is 10.8. The van der Waals surface area contributed by atoms with Crippen LogP contribution in [-0.2, 0) is 0 Å². The summed E-state index contributed by atoms with van der Waals surface area (Å²) in [6.07, 6.45) is 7.85. The molecule has 1 rings (SSSR count). The Balaban J connectivity index is 2.83. The molecule has 1 saturated carbocycles. The van der Waals surface area contributed by atoms with Crippen molar-refractivity contribution in [2.75, 3.05) is 18.9 Å². The molecule has 0 amide bonds. The topological polar surface area (TPSA) is 49.9 Å². The predicted octanol–water partition coefficient (Wildman–Crippen LogP) is 4.95. The Morgan fingerprint density at radius 2 is 1.86 bits per heavy atom. The van der Waals surface area contributed by atoms with Gasteiger partial charge in [0.25, 0.3) is 0 Å². The monoisotopic (exact) mass is 312 g/mol. The molecule has 3 heteroatoms. The summed E-state index contributed by atoms with van der Waals surface area (Å²) in [5.41, 5.74) is 7.62. The Morgan fingerprint density at radius 3 is 2.29 bits per heavy atom. The first-order chi connectivity index (χ1) is 9.99. The Labute approximate surface area is 133 Å². The summed E-state index contributed by atoms with van der Waals surface area (Å²) in [6.45, 7) is 12.2. The maximum atomic E-state index is 8.22. The van der Waals surface area contributed by atoms with Crippen molar-refractivity contribution < 1.29 is 0 Å². The second kappa shape index (κ2) is 9.26. The molecule has 3 N–H and O–H groups in total. The molecule has 0 aromatic rings. The molecule has 0 aromatic heterocycles. The Hall–Kier alpha value is 0.0600. The SMILES string of the molecule is CCCCC(C(C)C)C1C(C(C)=N)C1P(CCC)CCN. The van der Waals surface area contributed by atoms with Gasteiger partial charge in [0.1, 0.15) is 0 Å². The van der Waals surface area contributed by atoms with Crippen molar-refractivity contribution in [2.24, 2.45) is 29.4 Å². The highest BCUT2D eigenvalue weighted by Gasteiger charge is 2.57. The van der Waals surface area contributed by atoms with Crippen LogP contribution in [0.5, 0.6) is 0 Å². The highest BCUT2D eigenvalue weighted by molar-refractivity contribution is 7.58. The molecule has 1 aliphatic rings. The number of hydrogen-bond donors (Lipinski definition) is 2.